The molecule has 5 nitrogen and oxygen atoms in total. The summed E-state index contributed by atoms with van der Waals surface area (Å²) in [5.41, 5.74) is 1.24. The molecular formula is C16H19ClN2O3. The summed E-state index contributed by atoms with van der Waals surface area (Å²) in [6.45, 7) is 3.28. The molecule has 1 aromatic carbocycles. The first kappa shape index (κ1) is 16.4. The average molecular weight is 323 g/mol. The number of furan rings is 1. The maximum Gasteiger partial charge on any atom is 0.289 e. The van der Waals surface area contributed by atoms with Crippen LogP contribution in [0.4, 0.5) is 5.69 Å². The number of carbonyl (C=O) groups is 1. The monoisotopic (exact) mass is 322 g/mol. The first-order valence-electron chi connectivity index (χ1n) is 7.10. The normalized spacial score (nSPS) is 15.2. The molecule has 0 atom stereocenters. The maximum atomic E-state index is 12.2. The summed E-state index contributed by atoms with van der Waals surface area (Å²) in [6, 6.07) is 11.6. The molecule has 1 amide bonds. The van der Waals surface area contributed by atoms with Gasteiger partial charge >= 0.3 is 0 Å². The number of carbonyl (C=O) groups excluding carboxylic acids is 1. The molecule has 0 aliphatic carbocycles. The average Bonchev–Trinajstić information content (AvgIpc) is 3.09. The highest BCUT2D eigenvalue weighted by molar-refractivity contribution is 5.91. The minimum absolute atomic E-state index is 0. The van der Waals surface area contributed by atoms with Crippen LogP contribution in [0.1, 0.15) is 10.6 Å². The molecule has 0 bridgehead atoms. The van der Waals surface area contributed by atoms with Gasteiger partial charge < -0.3 is 26.5 Å². The Labute approximate surface area is 135 Å². The van der Waals surface area contributed by atoms with Gasteiger partial charge in [0.15, 0.2) is 5.76 Å². The molecule has 1 N–H and O–H groups in total. The number of ether oxygens (including phenoxy) is 1. The predicted octanol–water partition coefficient (Wildman–Crippen LogP) is -2.04. The lowest BCUT2D eigenvalue weighted by molar-refractivity contribution is -0.837. The van der Waals surface area contributed by atoms with Crippen molar-refractivity contribution in [1.29, 1.82) is 0 Å². The summed E-state index contributed by atoms with van der Waals surface area (Å²) < 4.78 is 10.3. The molecule has 1 fully saturated rings. The van der Waals surface area contributed by atoms with Crippen LogP contribution in [0.5, 0.6) is 5.75 Å². The van der Waals surface area contributed by atoms with Crippen LogP contribution in [0, 0.1) is 0 Å². The van der Waals surface area contributed by atoms with Gasteiger partial charge in [0.2, 0.25) is 0 Å². The van der Waals surface area contributed by atoms with E-state index in [1.54, 1.807) is 19.2 Å². The lowest BCUT2D eigenvalue weighted by Gasteiger charge is -2.31. The molecule has 1 aliphatic rings. The highest BCUT2D eigenvalue weighted by atomic mass is 35.5. The van der Waals surface area contributed by atoms with E-state index in [0.717, 1.165) is 31.9 Å². The van der Waals surface area contributed by atoms with Gasteiger partial charge in [0.25, 0.3) is 5.91 Å². The number of hydrogen-bond donors (Lipinski definition) is 1. The molecule has 1 aliphatic heterocycles. The summed E-state index contributed by atoms with van der Waals surface area (Å²) in [5, 5.41) is 0. The fourth-order valence-electron chi connectivity index (χ4n) is 2.65. The Hall–Kier alpha value is -1.98. The number of amides is 1. The number of benzene rings is 1. The van der Waals surface area contributed by atoms with E-state index < -0.39 is 0 Å². The molecule has 1 saturated heterocycles. The van der Waals surface area contributed by atoms with Crippen molar-refractivity contribution in [3.63, 3.8) is 0 Å². The van der Waals surface area contributed by atoms with Gasteiger partial charge in [-0.2, -0.15) is 0 Å². The summed E-state index contributed by atoms with van der Waals surface area (Å²) in [5.74, 6) is 1.27. The Balaban J connectivity index is 0.00000176. The number of piperazine rings is 1. The van der Waals surface area contributed by atoms with E-state index in [9.17, 15) is 4.79 Å². The van der Waals surface area contributed by atoms with Gasteiger partial charge in [0.1, 0.15) is 11.4 Å². The van der Waals surface area contributed by atoms with Crippen molar-refractivity contribution >= 4 is 11.6 Å². The topological polar surface area (TPSA) is 47.1 Å². The molecule has 2 aromatic rings. The number of quaternary nitrogens is 1. The van der Waals surface area contributed by atoms with E-state index in [1.165, 1.54) is 16.9 Å². The quantitative estimate of drug-likeness (QED) is 0.709. The van der Waals surface area contributed by atoms with Gasteiger partial charge in [-0.25, -0.2) is 0 Å². The molecule has 6 heteroatoms. The van der Waals surface area contributed by atoms with Crippen LogP contribution in [0.25, 0.3) is 0 Å². The SMILES string of the molecule is COc1ccc([NH+]2CCN(C(=O)c3ccco3)CC2)cc1.[Cl-]. The second-order valence-corrected chi connectivity index (χ2v) is 5.10. The van der Waals surface area contributed by atoms with Gasteiger partial charge in [-0.3, -0.25) is 9.69 Å². The number of methoxy groups -OCH3 is 1. The summed E-state index contributed by atoms with van der Waals surface area (Å²) in [4.78, 5) is 15.4. The summed E-state index contributed by atoms with van der Waals surface area (Å²) in [6.07, 6.45) is 1.53. The van der Waals surface area contributed by atoms with E-state index in [1.807, 2.05) is 17.0 Å². The fraction of sp³-hybridized carbons (Fsp3) is 0.312. The molecule has 118 valence electrons. The Kier molecular flexibility index (Phi) is 5.46. The van der Waals surface area contributed by atoms with Crippen molar-refractivity contribution in [3.8, 4) is 5.75 Å². The molecule has 3 rings (SSSR count). The van der Waals surface area contributed by atoms with Crippen molar-refractivity contribution in [3.05, 3.63) is 48.4 Å². The van der Waals surface area contributed by atoms with Crippen LogP contribution in [-0.4, -0.2) is 44.1 Å². The van der Waals surface area contributed by atoms with Crippen LogP contribution in [0.2, 0.25) is 0 Å². The lowest BCUT2D eigenvalue weighted by atomic mass is 10.2. The Bertz CT molecular complexity index is 590. The van der Waals surface area contributed by atoms with E-state index in [0.29, 0.717) is 5.76 Å². The first-order valence-corrected chi connectivity index (χ1v) is 7.10. The highest BCUT2D eigenvalue weighted by Gasteiger charge is 2.26. The summed E-state index contributed by atoms with van der Waals surface area (Å²) in [7, 11) is 1.67. The second kappa shape index (κ2) is 7.33. The van der Waals surface area contributed by atoms with E-state index in [-0.39, 0.29) is 18.3 Å². The molecule has 22 heavy (non-hydrogen) atoms. The van der Waals surface area contributed by atoms with Gasteiger partial charge in [-0.1, -0.05) is 0 Å². The zero-order chi connectivity index (χ0) is 14.7. The van der Waals surface area contributed by atoms with Gasteiger partial charge in [-0.15, -0.1) is 0 Å². The Morgan fingerprint density at radius 3 is 2.41 bits per heavy atom. The van der Waals surface area contributed by atoms with Crippen LogP contribution < -0.4 is 22.0 Å². The number of rotatable bonds is 3. The summed E-state index contributed by atoms with van der Waals surface area (Å²) >= 11 is 0. The number of nitrogens with zero attached hydrogens (tertiary/aromatic N) is 1. The largest absolute Gasteiger partial charge is 1.00 e. The van der Waals surface area contributed by atoms with Gasteiger partial charge in [0, 0.05) is 12.1 Å². The van der Waals surface area contributed by atoms with Crippen molar-refractivity contribution in [2.24, 2.45) is 0 Å². The van der Waals surface area contributed by atoms with Gasteiger partial charge in [0.05, 0.1) is 39.6 Å². The molecule has 0 unspecified atom stereocenters. The molecule has 0 spiro atoms. The number of nitrogens with one attached hydrogen (secondary N) is 1. The third kappa shape index (κ3) is 3.43. The van der Waals surface area contributed by atoms with E-state index in [4.69, 9.17) is 9.15 Å². The third-order valence-electron chi connectivity index (χ3n) is 3.88. The standard InChI is InChI=1S/C16H18N2O3.ClH/c1-20-14-6-4-13(5-7-14)17-8-10-18(11-9-17)16(19)15-3-2-12-21-15;/h2-7,12H,8-11H2,1H3;1H. The van der Waals surface area contributed by atoms with Crippen molar-refractivity contribution in [1.82, 2.24) is 4.90 Å². The van der Waals surface area contributed by atoms with Crippen LogP contribution in [0.15, 0.2) is 47.1 Å². The maximum absolute atomic E-state index is 12.2. The second-order valence-electron chi connectivity index (χ2n) is 5.10. The molecule has 0 saturated carbocycles. The van der Waals surface area contributed by atoms with Crippen LogP contribution in [-0.2, 0) is 0 Å². The van der Waals surface area contributed by atoms with Gasteiger partial charge in [-0.05, 0) is 24.3 Å². The van der Waals surface area contributed by atoms with Crippen LogP contribution in [0.3, 0.4) is 0 Å². The van der Waals surface area contributed by atoms with Crippen molar-refractivity contribution in [2.45, 2.75) is 0 Å². The molecule has 0 radical (unpaired) electrons. The first-order chi connectivity index (χ1) is 10.3. The Morgan fingerprint density at radius 2 is 1.86 bits per heavy atom. The van der Waals surface area contributed by atoms with E-state index in [2.05, 4.69) is 12.1 Å². The zero-order valence-electron chi connectivity index (χ0n) is 12.4. The fourth-order valence-corrected chi connectivity index (χ4v) is 2.65. The zero-order valence-corrected chi connectivity index (χ0v) is 13.2. The highest BCUT2D eigenvalue weighted by Crippen LogP contribution is 2.13. The van der Waals surface area contributed by atoms with Crippen molar-refractivity contribution in [2.75, 3.05) is 33.3 Å². The number of halogens is 1. The van der Waals surface area contributed by atoms with E-state index >= 15 is 0 Å². The minimum Gasteiger partial charge on any atom is -1.00 e. The molecular weight excluding hydrogens is 304 g/mol. The molecule has 2 heterocycles. The predicted molar refractivity (Wildman–Crippen MR) is 78.0 cm³/mol. The van der Waals surface area contributed by atoms with Crippen molar-refractivity contribution < 1.29 is 31.3 Å². The number of hydrogen-bond acceptors (Lipinski definition) is 3. The third-order valence-corrected chi connectivity index (χ3v) is 3.88. The minimum atomic E-state index is -0.0196. The lowest BCUT2D eigenvalue weighted by Crippen LogP contribution is -3.10. The Morgan fingerprint density at radius 1 is 1.18 bits per heavy atom. The molecule has 1 aromatic heterocycles. The smallest absolute Gasteiger partial charge is 0.289 e. The van der Waals surface area contributed by atoms with Crippen LogP contribution >= 0.6 is 0 Å².